The summed E-state index contributed by atoms with van der Waals surface area (Å²) in [5.74, 6) is 0. The molecular weight excluding hydrogens is 649 g/mol. The van der Waals surface area contributed by atoms with Crippen molar-refractivity contribution < 1.29 is 0 Å². The van der Waals surface area contributed by atoms with Crippen molar-refractivity contribution in [3.8, 4) is 39.2 Å². The smallest absolute Gasteiger partial charge is 0.0730 e. The number of hydrogen-bond donors (Lipinski definition) is 0. The number of rotatable bonds is 4. The summed E-state index contributed by atoms with van der Waals surface area (Å²) < 4.78 is 5.01. The fourth-order valence-corrected chi connectivity index (χ4v) is 9.51. The number of benzene rings is 8. The minimum absolute atomic E-state index is 0.998. The van der Waals surface area contributed by atoms with E-state index in [1.807, 2.05) is 11.3 Å². The normalized spacial score (nSPS) is 11.8. The Bertz CT molecular complexity index is 3170. The quantitative estimate of drug-likeness (QED) is 0.181. The minimum atomic E-state index is 0.998. The van der Waals surface area contributed by atoms with Crippen LogP contribution in [0.1, 0.15) is 0 Å². The summed E-state index contributed by atoms with van der Waals surface area (Å²) in [4.78, 5) is 5.27. The van der Waals surface area contributed by atoms with Gasteiger partial charge in [-0.25, -0.2) is 4.98 Å². The van der Waals surface area contributed by atoms with Gasteiger partial charge < -0.3 is 4.57 Å². The summed E-state index contributed by atoms with van der Waals surface area (Å²) in [6.45, 7) is 0. The first-order valence-corrected chi connectivity index (χ1v) is 18.5. The highest BCUT2D eigenvalue weighted by Crippen LogP contribution is 2.47. The molecule has 0 aliphatic rings. The van der Waals surface area contributed by atoms with Crippen molar-refractivity contribution >= 4 is 75.0 Å². The second kappa shape index (κ2) is 11.5. The molecule has 3 heterocycles. The standard InChI is InChI=1S/C49H30N2S/c1-3-13-32(14-4-1)42-30-44(50-43-21-10-9-18-37(42)43)40-20-11-19-38-39-26-27-45-47(49(39)52-48(38)40)41-25-24-35(29-46(41)51(45)36-16-5-2-6-17-36)34-23-22-31-12-7-8-15-33(31)28-34/h1-30H. The molecule has 0 bridgehead atoms. The molecule has 3 aromatic heterocycles. The van der Waals surface area contributed by atoms with Gasteiger partial charge in [-0.05, 0) is 75.5 Å². The topological polar surface area (TPSA) is 17.8 Å². The second-order valence-corrected chi connectivity index (χ2v) is 14.5. The van der Waals surface area contributed by atoms with Gasteiger partial charge in [0.05, 0.1) is 22.2 Å². The van der Waals surface area contributed by atoms with E-state index in [2.05, 4.69) is 187 Å². The highest BCUT2D eigenvalue weighted by atomic mass is 32.1. The van der Waals surface area contributed by atoms with Crippen molar-refractivity contribution in [3.05, 3.63) is 182 Å². The lowest BCUT2D eigenvalue weighted by atomic mass is 9.97. The number of aromatic nitrogens is 2. The molecule has 2 nitrogen and oxygen atoms in total. The Morgan fingerprint density at radius 3 is 1.98 bits per heavy atom. The van der Waals surface area contributed by atoms with Crippen LogP contribution >= 0.6 is 11.3 Å². The molecule has 0 saturated heterocycles. The zero-order valence-electron chi connectivity index (χ0n) is 28.1. The Morgan fingerprint density at radius 1 is 0.404 bits per heavy atom. The average molecular weight is 679 g/mol. The predicted molar refractivity (Wildman–Crippen MR) is 223 cm³/mol. The molecule has 0 unspecified atom stereocenters. The maximum absolute atomic E-state index is 5.27. The fourth-order valence-electron chi connectivity index (χ4n) is 8.13. The molecular formula is C49H30N2S. The van der Waals surface area contributed by atoms with Crippen molar-refractivity contribution in [2.45, 2.75) is 0 Å². The molecule has 0 N–H and O–H groups in total. The van der Waals surface area contributed by atoms with E-state index in [4.69, 9.17) is 4.98 Å². The molecule has 11 rings (SSSR count). The Kier molecular flexibility index (Phi) is 6.46. The summed E-state index contributed by atoms with van der Waals surface area (Å²) in [6, 6.07) is 66.0. The van der Waals surface area contributed by atoms with E-state index in [-0.39, 0.29) is 0 Å². The third kappa shape index (κ3) is 4.46. The molecule has 242 valence electrons. The van der Waals surface area contributed by atoms with Gasteiger partial charge in [-0.2, -0.15) is 0 Å². The third-order valence-electron chi connectivity index (χ3n) is 10.6. The van der Waals surface area contributed by atoms with Crippen LogP contribution in [0, 0.1) is 0 Å². The van der Waals surface area contributed by atoms with Crippen molar-refractivity contribution in [2.24, 2.45) is 0 Å². The van der Waals surface area contributed by atoms with E-state index in [0.717, 1.165) is 16.9 Å². The number of fused-ring (bicyclic) bond motifs is 9. The van der Waals surface area contributed by atoms with Gasteiger partial charge in [0.25, 0.3) is 0 Å². The Balaban J connectivity index is 1.18. The van der Waals surface area contributed by atoms with Gasteiger partial charge in [0, 0.05) is 47.6 Å². The van der Waals surface area contributed by atoms with Crippen molar-refractivity contribution in [2.75, 3.05) is 0 Å². The highest BCUT2D eigenvalue weighted by Gasteiger charge is 2.20. The van der Waals surface area contributed by atoms with Gasteiger partial charge in [0.1, 0.15) is 0 Å². The van der Waals surface area contributed by atoms with Crippen LogP contribution in [0.3, 0.4) is 0 Å². The van der Waals surface area contributed by atoms with Crippen LogP contribution < -0.4 is 0 Å². The maximum Gasteiger partial charge on any atom is 0.0730 e. The summed E-state index contributed by atoms with van der Waals surface area (Å²) >= 11 is 1.89. The van der Waals surface area contributed by atoms with Gasteiger partial charge in [0.2, 0.25) is 0 Å². The number of thiophene rings is 1. The summed E-state index contributed by atoms with van der Waals surface area (Å²) in [5, 5.41) is 8.78. The van der Waals surface area contributed by atoms with Gasteiger partial charge >= 0.3 is 0 Å². The number of pyridine rings is 1. The summed E-state index contributed by atoms with van der Waals surface area (Å²) in [6.07, 6.45) is 0. The molecule has 0 radical (unpaired) electrons. The summed E-state index contributed by atoms with van der Waals surface area (Å²) in [5.41, 5.74) is 11.6. The number of nitrogens with zero attached hydrogens (tertiary/aromatic N) is 2. The lowest BCUT2D eigenvalue weighted by Crippen LogP contribution is -1.93. The van der Waals surface area contributed by atoms with Gasteiger partial charge in [-0.3, -0.25) is 0 Å². The largest absolute Gasteiger partial charge is 0.309 e. The second-order valence-electron chi connectivity index (χ2n) is 13.5. The fraction of sp³-hybridized carbons (Fsp3) is 0. The molecule has 0 saturated carbocycles. The van der Waals surface area contributed by atoms with E-state index in [1.54, 1.807) is 0 Å². The van der Waals surface area contributed by atoms with Crippen LogP contribution in [0.2, 0.25) is 0 Å². The Hall–Kier alpha value is -6.55. The molecule has 8 aromatic carbocycles. The molecule has 3 heteroatoms. The molecule has 0 amide bonds. The van der Waals surface area contributed by atoms with Crippen LogP contribution in [-0.4, -0.2) is 9.55 Å². The van der Waals surface area contributed by atoms with Crippen LogP contribution in [0.15, 0.2) is 182 Å². The minimum Gasteiger partial charge on any atom is -0.309 e. The Labute approximate surface area is 304 Å². The first kappa shape index (κ1) is 29.2. The van der Waals surface area contributed by atoms with E-state index < -0.39 is 0 Å². The van der Waals surface area contributed by atoms with Crippen LogP contribution in [0.5, 0.6) is 0 Å². The molecule has 11 aromatic rings. The number of para-hydroxylation sites is 2. The molecule has 0 aliphatic heterocycles. The summed E-state index contributed by atoms with van der Waals surface area (Å²) in [7, 11) is 0. The highest BCUT2D eigenvalue weighted by molar-refractivity contribution is 7.27. The maximum atomic E-state index is 5.27. The zero-order valence-corrected chi connectivity index (χ0v) is 28.9. The lowest BCUT2D eigenvalue weighted by Gasteiger charge is -2.11. The molecule has 0 spiro atoms. The van der Waals surface area contributed by atoms with Crippen LogP contribution in [-0.2, 0) is 0 Å². The zero-order chi connectivity index (χ0) is 34.2. The van der Waals surface area contributed by atoms with Crippen molar-refractivity contribution in [1.82, 2.24) is 9.55 Å². The molecule has 0 atom stereocenters. The molecule has 0 fully saturated rings. The lowest BCUT2D eigenvalue weighted by molar-refractivity contribution is 1.18. The molecule has 52 heavy (non-hydrogen) atoms. The van der Waals surface area contributed by atoms with Crippen LogP contribution in [0.4, 0.5) is 0 Å². The first-order valence-electron chi connectivity index (χ1n) is 17.7. The third-order valence-corrected chi connectivity index (χ3v) is 11.8. The SMILES string of the molecule is c1ccc(-c2cc(-c3cccc4c3sc3c4ccc4c3c3ccc(-c5ccc6ccccc6c5)cc3n4-c3ccccc3)nc3ccccc23)cc1. The van der Waals surface area contributed by atoms with Gasteiger partial charge in [-0.1, -0.05) is 140 Å². The van der Waals surface area contributed by atoms with Crippen molar-refractivity contribution in [3.63, 3.8) is 0 Å². The average Bonchev–Trinajstić information content (AvgIpc) is 3.76. The van der Waals surface area contributed by atoms with Gasteiger partial charge in [0.15, 0.2) is 0 Å². The van der Waals surface area contributed by atoms with E-state index in [0.29, 0.717) is 0 Å². The monoisotopic (exact) mass is 678 g/mol. The predicted octanol–water partition coefficient (Wildman–Crippen LogP) is 13.9. The number of hydrogen-bond acceptors (Lipinski definition) is 2. The van der Waals surface area contributed by atoms with E-state index in [9.17, 15) is 0 Å². The van der Waals surface area contributed by atoms with E-state index in [1.165, 1.54) is 86.0 Å². The van der Waals surface area contributed by atoms with E-state index >= 15 is 0 Å². The van der Waals surface area contributed by atoms with Crippen LogP contribution in [0.25, 0.3) is 103 Å². The molecule has 0 aliphatic carbocycles. The first-order chi connectivity index (χ1) is 25.8. The van der Waals surface area contributed by atoms with Crippen molar-refractivity contribution in [1.29, 1.82) is 0 Å². The van der Waals surface area contributed by atoms with Gasteiger partial charge in [-0.15, -0.1) is 11.3 Å². The Morgan fingerprint density at radius 2 is 1.10 bits per heavy atom.